The van der Waals surface area contributed by atoms with E-state index in [1.807, 2.05) is 24.3 Å². The van der Waals surface area contributed by atoms with Crippen LogP contribution >= 0.6 is 0 Å². The highest BCUT2D eigenvalue weighted by atomic mass is 16.4. The average molecular weight is 526 g/mol. The van der Waals surface area contributed by atoms with Gasteiger partial charge in [0.1, 0.15) is 17.8 Å². The SMILES string of the molecule is CC(O)C(NC(=O)CNC(=O)C(N)Cc1c[nH]c2ccccc12)C(=O)NC(Cc1ccc(O)cc1)C(=O)O. The Morgan fingerprint density at radius 3 is 2.32 bits per heavy atom. The molecule has 0 aliphatic carbocycles. The lowest BCUT2D eigenvalue weighted by molar-refractivity contribution is -0.142. The largest absolute Gasteiger partial charge is 0.508 e. The number of fused-ring (bicyclic) bond motifs is 1. The minimum Gasteiger partial charge on any atom is -0.508 e. The number of aliphatic hydroxyl groups excluding tert-OH is 1. The molecule has 3 amide bonds. The summed E-state index contributed by atoms with van der Waals surface area (Å²) in [5.41, 5.74) is 8.30. The predicted molar refractivity (Wildman–Crippen MR) is 138 cm³/mol. The van der Waals surface area contributed by atoms with Crippen molar-refractivity contribution >= 4 is 34.6 Å². The molecule has 0 aliphatic rings. The number of carboxylic acids is 1. The van der Waals surface area contributed by atoms with Crippen molar-refractivity contribution in [3.63, 3.8) is 0 Å². The van der Waals surface area contributed by atoms with Gasteiger partial charge in [0.15, 0.2) is 0 Å². The summed E-state index contributed by atoms with van der Waals surface area (Å²) in [6.07, 6.45) is 0.546. The fourth-order valence-corrected chi connectivity index (χ4v) is 3.89. The van der Waals surface area contributed by atoms with Crippen LogP contribution in [0, 0.1) is 0 Å². The Balaban J connectivity index is 1.53. The molecule has 0 saturated heterocycles. The van der Waals surface area contributed by atoms with Crippen LogP contribution in [0.15, 0.2) is 54.7 Å². The van der Waals surface area contributed by atoms with E-state index in [2.05, 4.69) is 20.9 Å². The number of aromatic hydroxyl groups is 1. The van der Waals surface area contributed by atoms with E-state index in [1.54, 1.807) is 6.20 Å². The van der Waals surface area contributed by atoms with Crippen molar-refractivity contribution in [2.45, 2.75) is 44.0 Å². The van der Waals surface area contributed by atoms with Crippen LogP contribution in [0.5, 0.6) is 5.75 Å². The molecule has 12 heteroatoms. The lowest BCUT2D eigenvalue weighted by Crippen LogP contribution is -2.57. The van der Waals surface area contributed by atoms with Gasteiger partial charge in [0.25, 0.3) is 0 Å². The second-order valence-electron chi connectivity index (χ2n) is 8.94. The van der Waals surface area contributed by atoms with Crippen LogP contribution in [-0.4, -0.2) is 74.8 Å². The van der Waals surface area contributed by atoms with Crippen molar-refractivity contribution in [3.8, 4) is 5.75 Å². The molecule has 0 radical (unpaired) electrons. The molecule has 0 saturated carbocycles. The van der Waals surface area contributed by atoms with Gasteiger partial charge in [-0.1, -0.05) is 30.3 Å². The molecule has 3 rings (SSSR count). The molecule has 4 unspecified atom stereocenters. The van der Waals surface area contributed by atoms with Gasteiger partial charge in [0.2, 0.25) is 17.7 Å². The fourth-order valence-electron chi connectivity index (χ4n) is 3.89. The van der Waals surface area contributed by atoms with Crippen molar-refractivity contribution in [1.82, 2.24) is 20.9 Å². The van der Waals surface area contributed by atoms with Crippen LogP contribution in [0.1, 0.15) is 18.1 Å². The first-order valence-corrected chi connectivity index (χ1v) is 11.9. The quantitative estimate of drug-likeness (QED) is 0.155. The van der Waals surface area contributed by atoms with E-state index in [1.165, 1.54) is 31.2 Å². The third-order valence-electron chi connectivity index (χ3n) is 5.95. The fraction of sp³-hybridized carbons (Fsp3) is 0.308. The molecular weight excluding hydrogens is 494 g/mol. The molecule has 0 bridgehead atoms. The van der Waals surface area contributed by atoms with Crippen LogP contribution in [0.25, 0.3) is 10.9 Å². The zero-order valence-corrected chi connectivity index (χ0v) is 20.7. The number of aromatic amines is 1. The molecule has 0 spiro atoms. The maximum atomic E-state index is 12.7. The van der Waals surface area contributed by atoms with Crippen LogP contribution < -0.4 is 21.7 Å². The summed E-state index contributed by atoms with van der Waals surface area (Å²) >= 11 is 0. The number of benzene rings is 2. The molecule has 0 fully saturated rings. The number of hydrogen-bond acceptors (Lipinski definition) is 7. The first-order chi connectivity index (χ1) is 18.0. The number of aliphatic carboxylic acids is 1. The first kappa shape index (κ1) is 28.2. The predicted octanol–water partition coefficient (Wildman–Crippen LogP) is -0.463. The Morgan fingerprint density at radius 1 is 0.974 bits per heavy atom. The summed E-state index contributed by atoms with van der Waals surface area (Å²) < 4.78 is 0. The van der Waals surface area contributed by atoms with Gasteiger partial charge in [-0.3, -0.25) is 14.4 Å². The highest BCUT2D eigenvalue weighted by Crippen LogP contribution is 2.18. The van der Waals surface area contributed by atoms with Crippen LogP contribution in [0.4, 0.5) is 0 Å². The second-order valence-corrected chi connectivity index (χ2v) is 8.94. The maximum Gasteiger partial charge on any atom is 0.326 e. The Labute approximate surface area is 218 Å². The number of carboxylic acid groups (broad SMARTS) is 1. The Bertz CT molecular complexity index is 1290. The molecule has 0 aliphatic heterocycles. The summed E-state index contributed by atoms with van der Waals surface area (Å²) in [6.45, 7) is 0.753. The summed E-state index contributed by atoms with van der Waals surface area (Å²) in [5, 5.41) is 36.9. The second kappa shape index (κ2) is 12.7. The lowest BCUT2D eigenvalue weighted by atomic mass is 10.0. The zero-order chi connectivity index (χ0) is 27.8. The van der Waals surface area contributed by atoms with Gasteiger partial charge in [-0.25, -0.2) is 4.79 Å². The number of nitrogens with one attached hydrogen (secondary N) is 4. The Kier molecular flexibility index (Phi) is 9.41. The molecular formula is C26H31N5O7. The van der Waals surface area contributed by atoms with Crippen molar-refractivity contribution in [2.75, 3.05) is 6.54 Å². The molecule has 1 aromatic heterocycles. The molecule has 4 atom stereocenters. The molecule has 9 N–H and O–H groups in total. The average Bonchev–Trinajstić information content (AvgIpc) is 3.28. The van der Waals surface area contributed by atoms with Crippen LogP contribution in [-0.2, 0) is 32.0 Å². The van der Waals surface area contributed by atoms with Crippen molar-refractivity contribution < 1.29 is 34.5 Å². The summed E-state index contributed by atoms with van der Waals surface area (Å²) in [4.78, 5) is 52.3. The van der Waals surface area contributed by atoms with E-state index >= 15 is 0 Å². The molecule has 2 aromatic carbocycles. The Morgan fingerprint density at radius 2 is 1.66 bits per heavy atom. The van der Waals surface area contributed by atoms with Crippen LogP contribution in [0.2, 0.25) is 0 Å². The van der Waals surface area contributed by atoms with Gasteiger partial charge in [-0.2, -0.15) is 0 Å². The summed E-state index contributed by atoms with van der Waals surface area (Å²) in [7, 11) is 0. The number of nitrogens with two attached hydrogens (primary N) is 1. The highest BCUT2D eigenvalue weighted by molar-refractivity contribution is 5.93. The maximum absolute atomic E-state index is 12.7. The number of aliphatic hydroxyl groups is 1. The molecule has 38 heavy (non-hydrogen) atoms. The van der Waals surface area contributed by atoms with Gasteiger partial charge < -0.3 is 42.0 Å². The zero-order valence-electron chi connectivity index (χ0n) is 20.7. The number of phenolic OH excluding ortho intramolecular Hbond substituents is 1. The third-order valence-corrected chi connectivity index (χ3v) is 5.95. The first-order valence-electron chi connectivity index (χ1n) is 11.9. The van der Waals surface area contributed by atoms with Gasteiger partial charge in [0.05, 0.1) is 18.7 Å². The van der Waals surface area contributed by atoms with Gasteiger partial charge in [-0.05, 0) is 42.7 Å². The number of carbonyl (C=O) groups excluding carboxylic acids is 3. The summed E-state index contributed by atoms with van der Waals surface area (Å²) in [5.74, 6) is -3.58. The molecule has 1 heterocycles. The van der Waals surface area contributed by atoms with E-state index in [0.29, 0.717) is 5.56 Å². The van der Waals surface area contributed by atoms with Gasteiger partial charge >= 0.3 is 5.97 Å². The van der Waals surface area contributed by atoms with Crippen molar-refractivity contribution in [3.05, 3.63) is 65.9 Å². The van der Waals surface area contributed by atoms with Crippen molar-refractivity contribution in [1.29, 1.82) is 0 Å². The normalized spacial score (nSPS) is 14.2. The van der Waals surface area contributed by atoms with Crippen LogP contribution in [0.3, 0.4) is 0 Å². The van der Waals surface area contributed by atoms with E-state index in [9.17, 15) is 34.5 Å². The number of aromatic nitrogens is 1. The third kappa shape index (κ3) is 7.54. The molecule has 12 nitrogen and oxygen atoms in total. The van der Waals surface area contributed by atoms with Gasteiger partial charge in [0, 0.05) is 23.5 Å². The number of para-hydroxylation sites is 1. The number of H-pyrrole nitrogens is 1. The minimum atomic E-state index is -1.47. The smallest absolute Gasteiger partial charge is 0.326 e. The van der Waals surface area contributed by atoms with E-state index < -0.39 is 54.5 Å². The number of hydrogen-bond donors (Lipinski definition) is 8. The number of phenols is 1. The number of rotatable bonds is 12. The number of carbonyl (C=O) groups is 4. The monoisotopic (exact) mass is 525 g/mol. The molecule has 202 valence electrons. The minimum absolute atomic E-state index is 0.00699. The summed E-state index contributed by atoms with van der Waals surface area (Å²) in [6, 6.07) is 9.58. The van der Waals surface area contributed by atoms with Crippen molar-refractivity contribution in [2.24, 2.45) is 5.73 Å². The number of amides is 3. The molecule has 3 aromatic rings. The Hall–Kier alpha value is -4.42. The van der Waals surface area contributed by atoms with Gasteiger partial charge in [-0.15, -0.1) is 0 Å². The van der Waals surface area contributed by atoms with E-state index in [4.69, 9.17) is 5.73 Å². The standard InChI is InChI=1S/C26H31N5O7/c1-14(32)23(25(36)30-21(26(37)38)10-15-6-8-17(33)9-7-15)31-22(34)13-29-24(35)19(27)11-16-12-28-20-5-3-2-4-18(16)20/h2-9,12,14,19,21,23,28,32-33H,10-11,13,27H2,1H3,(H,29,35)(H,30,36)(H,31,34)(H,37,38). The van der Waals surface area contributed by atoms with E-state index in [-0.39, 0.29) is 18.6 Å². The highest BCUT2D eigenvalue weighted by Gasteiger charge is 2.30. The lowest BCUT2D eigenvalue weighted by Gasteiger charge is -2.23. The topological polar surface area (TPSA) is 207 Å². The van der Waals surface area contributed by atoms with E-state index in [0.717, 1.165) is 16.5 Å².